The van der Waals surface area contributed by atoms with Crippen LogP contribution in [0.4, 0.5) is 14.5 Å². The molecule has 0 bridgehead atoms. The zero-order valence-electron chi connectivity index (χ0n) is 16.2. The summed E-state index contributed by atoms with van der Waals surface area (Å²) in [5.41, 5.74) is 2.05. The molecule has 3 nitrogen and oxygen atoms in total. The zero-order chi connectivity index (χ0) is 19.5. The molecule has 0 aliphatic heterocycles. The fourth-order valence-corrected chi connectivity index (χ4v) is 4.02. The molecule has 0 spiro atoms. The number of hydrogen-bond acceptors (Lipinski definition) is 3. The highest BCUT2D eigenvalue weighted by Crippen LogP contribution is 2.28. The van der Waals surface area contributed by atoms with Gasteiger partial charge in [0.15, 0.2) is 0 Å². The van der Waals surface area contributed by atoms with Gasteiger partial charge in [-0.1, -0.05) is 17.7 Å². The van der Waals surface area contributed by atoms with Gasteiger partial charge in [0.1, 0.15) is 11.6 Å². The van der Waals surface area contributed by atoms with E-state index in [1.165, 1.54) is 18.2 Å². The van der Waals surface area contributed by atoms with Crippen LogP contribution in [0.2, 0.25) is 5.02 Å². The molecule has 2 N–H and O–H groups in total. The molecule has 3 aromatic rings. The number of pyridine rings is 1. The van der Waals surface area contributed by atoms with E-state index in [-0.39, 0.29) is 43.0 Å². The summed E-state index contributed by atoms with van der Waals surface area (Å²) in [6.07, 6.45) is 5.70. The highest BCUT2D eigenvalue weighted by atomic mass is 35.5. The Morgan fingerprint density at radius 1 is 0.933 bits per heavy atom. The standard InChI is InChI=1S/C22H22ClF2N3.2ClH/c23-14-4-9-17-21(10-11-26-22(17)12-14)28-16-7-5-15(6-8-16)27-13-18-19(24)2-1-3-20(18)25;;/h1-4,9-12,15-16,27H,5-8,13H2,(H,26,28);2*1H/t15-,16+;;. The molecule has 1 aliphatic carbocycles. The third kappa shape index (κ3) is 5.73. The van der Waals surface area contributed by atoms with E-state index in [0.717, 1.165) is 42.3 Å². The van der Waals surface area contributed by atoms with Crippen molar-refractivity contribution in [1.29, 1.82) is 0 Å². The number of fused-ring (bicyclic) bond motifs is 1. The summed E-state index contributed by atoms with van der Waals surface area (Å²) in [4.78, 5) is 4.38. The molecule has 0 unspecified atom stereocenters. The molecule has 0 radical (unpaired) electrons. The van der Waals surface area contributed by atoms with Crippen molar-refractivity contribution in [3.05, 3.63) is 70.9 Å². The van der Waals surface area contributed by atoms with Crippen molar-refractivity contribution < 1.29 is 8.78 Å². The Morgan fingerprint density at radius 2 is 1.60 bits per heavy atom. The normalized spacial score (nSPS) is 18.4. The van der Waals surface area contributed by atoms with Crippen LogP contribution in [0.15, 0.2) is 48.7 Å². The molecular weight excluding hydrogens is 451 g/mol. The summed E-state index contributed by atoms with van der Waals surface area (Å²) in [5.74, 6) is -0.986. The van der Waals surface area contributed by atoms with Crippen LogP contribution in [0.1, 0.15) is 31.2 Å². The highest BCUT2D eigenvalue weighted by molar-refractivity contribution is 6.31. The van der Waals surface area contributed by atoms with Crippen molar-refractivity contribution in [3.63, 3.8) is 0 Å². The average molecular weight is 475 g/mol. The van der Waals surface area contributed by atoms with Gasteiger partial charge in [-0.05, 0) is 62.1 Å². The molecule has 1 aliphatic rings. The lowest BCUT2D eigenvalue weighted by Gasteiger charge is -2.30. The third-order valence-corrected chi connectivity index (χ3v) is 5.66. The minimum absolute atomic E-state index is 0. The SMILES string of the molecule is Cl.Cl.Fc1cccc(F)c1CN[C@H]1CC[C@@H](Nc2ccnc3cc(Cl)ccc23)CC1. The van der Waals surface area contributed by atoms with E-state index in [0.29, 0.717) is 11.1 Å². The summed E-state index contributed by atoms with van der Waals surface area (Å²) in [6, 6.07) is 12.3. The van der Waals surface area contributed by atoms with Gasteiger partial charge in [-0.15, -0.1) is 24.8 Å². The Morgan fingerprint density at radius 3 is 2.30 bits per heavy atom. The molecule has 1 aromatic heterocycles. The van der Waals surface area contributed by atoms with Gasteiger partial charge in [-0.3, -0.25) is 4.98 Å². The van der Waals surface area contributed by atoms with Gasteiger partial charge in [-0.25, -0.2) is 8.78 Å². The van der Waals surface area contributed by atoms with Crippen LogP contribution in [0, 0.1) is 11.6 Å². The monoisotopic (exact) mass is 473 g/mol. The molecule has 1 fully saturated rings. The second-order valence-electron chi connectivity index (χ2n) is 7.29. The number of benzene rings is 2. The molecule has 2 aromatic carbocycles. The summed E-state index contributed by atoms with van der Waals surface area (Å²) in [7, 11) is 0. The fraction of sp³-hybridized carbons (Fsp3) is 0.318. The van der Waals surface area contributed by atoms with E-state index in [1.54, 1.807) is 6.20 Å². The van der Waals surface area contributed by atoms with Crippen LogP contribution in [-0.4, -0.2) is 17.1 Å². The number of aromatic nitrogens is 1. The van der Waals surface area contributed by atoms with E-state index >= 15 is 0 Å². The summed E-state index contributed by atoms with van der Waals surface area (Å²) in [5, 5.41) is 8.67. The van der Waals surface area contributed by atoms with Crippen LogP contribution in [0.5, 0.6) is 0 Å². The summed E-state index contributed by atoms with van der Waals surface area (Å²) >= 11 is 6.06. The molecule has 162 valence electrons. The predicted octanol–water partition coefficient (Wildman–Crippen LogP) is 6.52. The number of rotatable bonds is 5. The van der Waals surface area contributed by atoms with E-state index in [4.69, 9.17) is 11.6 Å². The van der Waals surface area contributed by atoms with Gasteiger partial charge < -0.3 is 10.6 Å². The lowest BCUT2D eigenvalue weighted by atomic mass is 9.90. The van der Waals surface area contributed by atoms with Crippen molar-refractivity contribution in [2.75, 3.05) is 5.32 Å². The molecule has 0 amide bonds. The number of anilines is 1. The van der Waals surface area contributed by atoms with Gasteiger partial charge in [0.25, 0.3) is 0 Å². The molecule has 1 heterocycles. The maximum Gasteiger partial charge on any atom is 0.130 e. The Labute approximate surface area is 192 Å². The minimum Gasteiger partial charge on any atom is -0.382 e. The second kappa shape index (κ2) is 11.1. The zero-order valence-corrected chi connectivity index (χ0v) is 18.6. The second-order valence-corrected chi connectivity index (χ2v) is 7.73. The van der Waals surface area contributed by atoms with Crippen molar-refractivity contribution in [1.82, 2.24) is 10.3 Å². The van der Waals surface area contributed by atoms with Crippen LogP contribution in [0.3, 0.4) is 0 Å². The third-order valence-electron chi connectivity index (χ3n) is 5.42. The fourth-order valence-electron chi connectivity index (χ4n) is 3.86. The van der Waals surface area contributed by atoms with Crippen molar-refractivity contribution in [3.8, 4) is 0 Å². The van der Waals surface area contributed by atoms with Gasteiger partial charge in [0.05, 0.1) is 5.52 Å². The maximum atomic E-state index is 13.8. The Kier molecular flexibility index (Phi) is 9.10. The highest BCUT2D eigenvalue weighted by Gasteiger charge is 2.22. The summed E-state index contributed by atoms with van der Waals surface area (Å²) < 4.78 is 27.5. The van der Waals surface area contributed by atoms with Crippen molar-refractivity contribution in [2.24, 2.45) is 0 Å². The predicted molar refractivity (Wildman–Crippen MR) is 124 cm³/mol. The molecule has 0 atom stereocenters. The van der Waals surface area contributed by atoms with Crippen LogP contribution in [-0.2, 0) is 6.54 Å². The Hall–Kier alpha value is -1.66. The number of nitrogens with one attached hydrogen (secondary N) is 2. The molecule has 8 heteroatoms. The van der Waals surface area contributed by atoms with Gasteiger partial charge >= 0.3 is 0 Å². The quantitative estimate of drug-likeness (QED) is 0.442. The van der Waals surface area contributed by atoms with E-state index in [9.17, 15) is 8.78 Å². The number of hydrogen-bond donors (Lipinski definition) is 2. The average Bonchev–Trinajstić information content (AvgIpc) is 2.69. The van der Waals surface area contributed by atoms with Gasteiger partial charge in [0.2, 0.25) is 0 Å². The molecule has 1 saturated carbocycles. The smallest absolute Gasteiger partial charge is 0.130 e. The van der Waals surface area contributed by atoms with E-state index in [2.05, 4.69) is 15.6 Å². The first-order valence-corrected chi connectivity index (χ1v) is 9.95. The molecule has 4 rings (SSSR count). The minimum atomic E-state index is -0.493. The Bertz CT molecular complexity index is 959. The van der Waals surface area contributed by atoms with E-state index in [1.807, 2.05) is 24.3 Å². The van der Waals surface area contributed by atoms with Gasteiger partial charge in [-0.2, -0.15) is 0 Å². The van der Waals surface area contributed by atoms with Crippen LogP contribution in [0.25, 0.3) is 10.9 Å². The lowest BCUT2D eigenvalue weighted by molar-refractivity contribution is 0.349. The lowest BCUT2D eigenvalue weighted by Crippen LogP contribution is -2.37. The molecule has 0 saturated heterocycles. The molecule has 30 heavy (non-hydrogen) atoms. The largest absolute Gasteiger partial charge is 0.382 e. The van der Waals surface area contributed by atoms with Crippen molar-refractivity contribution >= 4 is 53.0 Å². The van der Waals surface area contributed by atoms with Crippen LogP contribution < -0.4 is 10.6 Å². The molecular formula is C22H24Cl3F2N3. The Balaban J connectivity index is 0.00000160. The van der Waals surface area contributed by atoms with Crippen molar-refractivity contribution in [2.45, 2.75) is 44.3 Å². The maximum absolute atomic E-state index is 13.8. The first kappa shape index (κ1) is 24.6. The first-order valence-electron chi connectivity index (χ1n) is 9.57. The first-order chi connectivity index (χ1) is 13.6. The summed E-state index contributed by atoms with van der Waals surface area (Å²) in [6.45, 7) is 0.219. The number of halogens is 5. The topological polar surface area (TPSA) is 37.0 Å². The van der Waals surface area contributed by atoms with Gasteiger partial charge in [0, 0.05) is 46.5 Å². The van der Waals surface area contributed by atoms with Crippen LogP contribution >= 0.6 is 36.4 Å². The number of nitrogens with zero attached hydrogens (tertiary/aromatic N) is 1. The van der Waals surface area contributed by atoms with E-state index < -0.39 is 11.6 Å².